The van der Waals surface area contributed by atoms with Gasteiger partial charge in [-0.2, -0.15) is 0 Å². The molecule has 3 aromatic rings. The minimum atomic E-state index is -4.13. The van der Waals surface area contributed by atoms with E-state index in [4.69, 9.17) is 18.9 Å². The van der Waals surface area contributed by atoms with Crippen LogP contribution in [0, 0.1) is 6.92 Å². The van der Waals surface area contributed by atoms with E-state index in [0.717, 1.165) is 15.4 Å². The summed E-state index contributed by atoms with van der Waals surface area (Å²) in [6.45, 7) is 1.75. The van der Waals surface area contributed by atoms with E-state index >= 15 is 0 Å². The number of nitrogens with zero attached hydrogens (tertiary/aromatic N) is 2. The average molecular weight is 529 g/mol. The van der Waals surface area contributed by atoms with Crippen molar-refractivity contribution in [1.29, 1.82) is 0 Å². The molecule has 0 atom stereocenters. The Bertz CT molecular complexity index is 1340. The Hall–Kier alpha value is -3.92. The fraction of sp³-hybridized carbons (Fsp3) is 0.296. The van der Waals surface area contributed by atoms with E-state index in [9.17, 15) is 13.2 Å². The number of aryl methyl sites for hydroxylation is 1. The van der Waals surface area contributed by atoms with Crippen LogP contribution in [0.5, 0.6) is 23.0 Å². The summed E-state index contributed by atoms with van der Waals surface area (Å²) in [6.07, 6.45) is 0. The summed E-state index contributed by atoms with van der Waals surface area (Å²) in [5, 5.41) is 0. The van der Waals surface area contributed by atoms with Gasteiger partial charge in [0, 0.05) is 19.7 Å². The van der Waals surface area contributed by atoms with Crippen molar-refractivity contribution in [2.75, 3.05) is 46.3 Å². The van der Waals surface area contributed by atoms with Crippen LogP contribution in [0.3, 0.4) is 0 Å². The zero-order chi connectivity index (χ0) is 27.2. The highest BCUT2D eigenvalue weighted by Gasteiger charge is 2.29. The fourth-order valence-corrected chi connectivity index (χ4v) is 5.15. The van der Waals surface area contributed by atoms with Crippen LogP contribution in [-0.4, -0.2) is 61.3 Å². The largest absolute Gasteiger partial charge is 0.493 e. The number of sulfonamides is 1. The molecule has 0 aromatic heterocycles. The zero-order valence-electron chi connectivity index (χ0n) is 21.8. The third-order valence-corrected chi connectivity index (χ3v) is 7.61. The summed E-state index contributed by atoms with van der Waals surface area (Å²) in [6, 6.07) is 16.6. The minimum absolute atomic E-state index is 0.0268. The molecule has 0 heterocycles. The summed E-state index contributed by atoms with van der Waals surface area (Å²) in [5.74, 6) is 1.39. The van der Waals surface area contributed by atoms with Crippen LogP contribution in [0.4, 0.5) is 5.69 Å². The van der Waals surface area contributed by atoms with Crippen LogP contribution in [0.15, 0.2) is 65.6 Å². The van der Waals surface area contributed by atoms with Gasteiger partial charge >= 0.3 is 0 Å². The van der Waals surface area contributed by atoms with Gasteiger partial charge in [-0.3, -0.25) is 9.10 Å². The van der Waals surface area contributed by atoms with E-state index in [1.807, 2.05) is 13.0 Å². The zero-order valence-corrected chi connectivity index (χ0v) is 22.7. The Labute approximate surface area is 218 Å². The van der Waals surface area contributed by atoms with E-state index < -0.39 is 16.6 Å². The molecule has 0 unspecified atom stereocenters. The Morgan fingerprint density at radius 2 is 1.30 bits per heavy atom. The van der Waals surface area contributed by atoms with Gasteiger partial charge in [0.05, 0.1) is 39.0 Å². The van der Waals surface area contributed by atoms with Gasteiger partial charge in [0.2, 0.25) is 5.91 Å². The summed E-state index contributed by atoms with van der Waals surface area (Å²) in [7, 11) is 3.47. The lowest BCUT2D eigenvalue weighted by Gasteiger charge is -2.27. The summed E-state index contributed by atoms with van der Waals surface area (Å²) in [5.41, 5.74) is 2.13. The monoisotopic (exact) mass is 528 g/mol. The van der Waals surface area contributed by atoms with Gasteiger partial charge in [-0.05, 0) is 48.9 Å². The molecule has 198 valence electrons. The molecule has 0 aliphatic rings. The van der Waals surface area contributed by atoms with Gasteiger partial charge in [0.25, 0.3) is 10.0 Å². The van der Waals surface area contributed by atoms with E-state index in [1.54, 1.807) is 50.6 Å². The van der Waals surface area contributed by atoms with E-state index in [2.05, 4.69) is 0 Å². The maximum absolute atomic E-state index is 13.8. The van der Waals surface area contributed by atoms with Gasteiger partial charge in [-0.25, -0.2) is 8.42 Å². The van der Waals surface area contributed by atoms with Crippen molar-refractivity contribution in [3.8, 4) is 23.0 Å². The first-order valence-electron chi connectivity index (χ1n) is 11.4. The molecule has 0 aliphatic heterocycles. The summed E-state index contributed by atoms with van der Waals surface area (Å²) >= 11 is 0. The van der Waals surface area contributed by atoms with Crippen LogP contribution in [-0.2, 0) is 21.4 Å². The predicted molar refractivity (Wildman–Crippen MR) is 141 cm³/mol. The smallest absolute Gasteiger partial charge is 0.264 e. The molecule has 0 saturated heterocycles. The first-order valence-corrected chi connectivity index (χ1v) is 12.8. The number of carbonyl (C=O) groups is 1. The second-order valence-electron chi connectivity index (χ2n) is 8.30. The third kappa shape index (κ3) is 6.26. The topological polar surface area (TPSA) is 94.6 Å². The molecule has 10 heteroatoms. The van der Waals surface area contributed by atoms with Gasteiger partial charge in [-0.1, -0.05) is 23.8 Å². The first kappa shape index (κ1) is 27.7. The maximum Gasteiger partial charge on any atom is 0.264 e. The lowest BCUT2D eigenvalue weighted by molar-refractivity contribution is -0.128. The quantitative estimate of drug-likeness (QED) is 0.373. The number of hydrogen-bond acceptors (Lipinski definition) is 7. The van der Waals surface area contributed by atoms with Crippen LogP contribution < -0.4 is 23.3 Å². The van der Waals surface area contributed by atoms with Crippen LogP contribution >= 0.6 is 0 Å². The number of likely N-dealkylation sites (N-methyl/N-ethyl adjacent to an activating group) is 1. The highest BCUT2D eigenvalue weighted by Crippen LogP contribution is 2.32. The molecular weight excluding hydrogens is 496 g/mol. The number of carbonyl (C=O) groups excluding carboxylic acids is 1. The molecule has 0 bridgehead atoms. The Morgan fingerprint density at radius 3 is 1.86 bits per heavy atom. The third-order valence-electron chi connectivity index (χ3n) is 5.84. The van der Waals surface area contributed by atoms with Crippen LogP contribution in [0.1, 0.15) is 11.1 Å². The molecule has 0 saturated carbocycles. The predicted octanol–water partition coefficient (Wildman–Crippen LogP) is 3.88. The van der Waals surface area contributed by atoms with Gasteiger partial charge in [0.15, 0.2) is 23.0 Å². The Balaban J connectivity index is 1.93. The Kier molecular flexibility index (Phi) is 8.88. The van der Waals surface area contributed by atoms with Crippen molar-refractivity contribution in [3.05, 3.63) is 71.8 Å². The van der Waals surface area contributed by atoms with Gasteiger partial charge in [-0.15, -0.1) is 0 Å². The maximum atomic E-state index is 13.8. The molecule has 1 amide bonds. The molecule has 9 nitrogen and oxygen atoms in total. The van der Waals surface area contributed by atoms with Crippen molar-refractivity contribution in [2.24, 2.45) is 0 Å². The number of amides is 1. The summed E-state index contributed by atoms with van der Waals surface area (Å²) in [4.78, 5) is 14.7. The summed E-state index contributed by atoms with van der Waals surface area (Å²) < 4.78 is 49.8. The fourth-order valence-electron chi connectivity index (χ4n) is 3.71. The van der Waals surface area contributed by atoms with Crippen molar-refractivity contribution in [2.45, 2.75) is 18.4 Å². The number of benzene rings is 3. The van der Waals surface area contributed by atoms with Crippen LogP contribution in [0.25, 0.3) is 0 Å². The second-order valence-corrected chi connectivity index (χ2v) is 10.2. The van der Waals surface area contributed by atoms with E-state index in [-0.39, 0.29) is 23.1 Å². The average Bonchev–Trinajstić information content (AvgIpc) is 2.91. The number of methoxy groups -OCH3 is 4. The van der Waals surface area contributed by atoms with Gasteiger partial charge < -0.3 is 23.8 Å². The second kappa shape index (κ2) is 11.9. The molecule has 3 aromatic carbocycles. The first-order chi connectivity index (χ1) is 17.6. The number of rotatable bonds is 11. The molecule has 0 N–H and O–H groups in total. The number of anilines is 1. The highest BCUT2D eigenvalue weighted by atomic mass is 32.2. The van der Waals surface area contributed by atoms with E-state index in [0.29, 0.717) is 22.9 Å². The van der Waals surface area contributed by atoms with Crippen molar-refractivity contribution >= 4 is 21.6 Å². The SMILES string of the molecule is COc1ccc(CN(C)C(=O)CN(c2ccc(C)cc2)S(=O)(=O)c2ccc(OC)c(OC)c2)cc1OC. The van der Waals surface area contributed by atoms with Gasteiger partial charge in [0.1, 0.15) is 6.54 Å². The molecule has 37 heavy (non-hydrogen) atoms. The Morgan fingerprint density at radius 1 is 0.757 bits per heavy atom. The lowest BCUT2D eigenvalue weighted by atomic mass is 10.2. The molecule has 0 fully saturated rings. The normalized spacial score (nSPS) is 11.0. The molecule has 0 spiro atoms. The standard InChI is InChI=1S/C27H32N2O7S/c1-19-7-10-21(11-8-19)29(37(31,32)22-12-14-24(34-4)26(16-22)36-6)18-27(30)28(2)17-20-9-13-23(33-3)25(15-20)35-5/h7-16H,17-18H2,1-6H3. The lowest BCUT2D eigenvalue weighted by Crippen LogP contribution is -2.41. The van der Waals surface area contributed by atoms with Crippen molar-refractivity contribution in [1.82, 2.24) is 4.90 Å². The molecular formula is C27H32N2O7S. The number of hydrogen-bond donors (Lipinski definition) is 0. The van der Waals surface area contributed by atoms with Crippen molar-refractivity contribution < 1.29 is 32.2 Å². The molecule has 3 rings (SSSR count). The van der Waals surface area contributed by atoms with Crippen molar-refractivity contribution in [3.63, 3.8) is 0 Å². The van der Waals surface area contributed by atoms with E-state index in [1.165, 1.54) is 44.4 Å². The number of ether oxygens (including phenoxy) is 4. The molecule has 0 aliphatic carbocycles. The minimum Gasteiger partial charge on any atom is -0.493 e. The highest BCUT2D eigenvalue weighted by molar-refractivity contribution is 7.92. The van der Waals surface area contributed by atoms with Crippen LogP contribution in [0.2, 0.25) is 0 Å². The molecule has 0 radical (unpaired) electrons.